The molecule has 0 aromatic heterocycles. The fraction of sp³-hybridized carbons (Fsp3) is 0.900. The minimum atomic E-state index is 0.447. The van der Waals surface area contributed by atoms with Gasteiger partial charge >= 0.3 is 0 Å². The second-order valence-corrected chi connectivity index (χ2v) is 7.20. The Kier molecular flexibility index (Phi) is 10.9. The van der Waals surface area contributed by atoms with Crippen LogP contribution in [0.25, 0.3) is 0 Å². The molecule has 1 aliphatic rings. The first-order chi connectivity index (χ1) is 10.3. The molecule has 1 fully saturated rings. The van der Waals surface area contributed by atoms with Crippen LogP contribution in [0.5, 0.6) is 0 Å². The minimum absolute atomic E-state index is 0.447. The quantitative estimate of drug-likeness (QED) is 0.335. The van der Waals surface area contributed by atoms with Gasteiger partial charge in [-0.15, -0.1) is 0 Å². The van der Waals surface area contributed by atoms with Crippen molar-refractivity contribution in [1.82, 2.24) is 0 Å². The van der Waals surface area contributed by atoms with Gasteiger partial charge in [0.25, 0.3) is 0 Å². The number of hydrogen-bond acceptors (Lipinski definition) is 1. The molecule has 1 nitrogen and oxygen atoms in total. The summed E-state index contributed by atoms with van der Waals surface area (Å²) in [6.45, 7) is 4.32. The highest BCUT2D eigenvalue weighted by molar-refractivity contribution is 4.81. The van der Waals surface area contributed by atoms with Crippen molar-refractivity contribution in [3.63, 3.8) is 0 Å². The van der Waals surface area contributed by atoms with E-state index in [1.807, 2.05) is 0 Å². The van der Waals surface area contributed by atoms with Crippen LogP contribution in [0.4, 0.5) is 0 Å². The highest BCUT2D eigenvalue weighted by atomic mass is 14.6. The van der Waals surface area contributed by atoms with Crippen LogP contribution in [0.15, 0.2) is 12.2 Å². The average molecular weight is 294 g/mol. The van der Waals surface area contributed by atoms with Gasteiger partial charge in [-0.3, -0.25) is 0 Å². The van der Waals surface area contributed by atoms with E-state index in [2.05, 4.69) is 26.0 Å². The summed E-state index contributed by atoms with van der Waals surface area (Å²) in [4.78, 5) is 0. The molecule has 0 saturated heterocycles. The highest BCUT2D eigenvalue weighted by Crippen LogP contribution is 2.36. The molecule has 3 unspecified atom stereocenters. The number of allylic oxidation sites excluding steroid dienone is 2. The maximum Gasteiger partial charge on any atom is 0.00362 e. The molecule has 3 atom stereocenters. The van der Waals surface area contributed by atoms with Crippen molar-refractivity contribution in [1.29, 1.82) is 0 Å². The van der Waals surface area contributed by atoms with Crippen LogP contribution in [0.2, 0.25) is 0 Å². The van der Waals surface area contributed by atoms with E-state index < -0.39 is 0 Å². The first kappa shape index (κ1) is 18.7. The lowest BCUT2D eigenvalue weighted by atomic mass is 9.95. The molecule has 0 bridgehead atoms. The van der Waals surface area contributed by atoms with Crippen LogP contribution >= 0.6 is 0 Å². The van der Waals surface area contributed by atoms with Gasteiger partial charge in [-0.25, -0.2) is 0 Å². The SMILES string of the molecule is C/C=C\CCC1CCC(CCCCCCCC(N)CC)C1. The third-order valence-corrected chi connectivity index (χ3v) is 5.34. The molecular formula is C20H39N. The molecule has 21 heavy (non-hydrogen) atoms. The lowest BCUT2D eigenvalue weighted by molar-refractivity contribution is 0.427. The molecule has 0 amide bonds. The van der Waals surface area contributed by atoms with E-state index >= 15 is 0 Å². The molecule has 0 aromatic carbocycles. The Morgan fingerprint density at radius 3 is 2.38 bits per heavy atom. The molecule has 1 saturated carbocycles. The second-order valence-electron chi connectivity index (χ2n) is 7.20. The summed E-state index contributed by atoms with van der Waals surface area (Å²) in [5.74, 6) is 2.08. The highest BCUT2D eigenvalue weighted by Gasteiger charge is 2.23. The van der Waals surface area contributed by atoms with Gasteiger partial charge in [-0.2, -0.15) is 0 Å². The molecule has 1 rings (SSSR count). The van der Waals surface area contributed by atoms with E-state index in [1.54, 1.807) is 0 Å². The van der Waals surface area contributed by atoms with Gasteiger partial charge in [0.05, 0.1) is 0 Å². The zero-order chi connectivity index (χ0) is 15.3. The summed E-state index contributed by atoms with van der Waals surface area (Å²) in [5, 5.41) is 0. The predicted octanol–water partition coefficient (Wildman–Crippen LogP) is 6.23. The van der Waals surface area contributed by atoms with E-state index in [1.165, 1.54) is 77.0 Å². The Bertz CT molecular complexity index is 259. The molecular weight excluding hydrogens is 254 g/mol. The van der Waals surface area contributed by atoms with Gasteiger partial charge in [-0.1, -0.05) is 70.4 Å². The summed E-state index contributed by atoms with van der Waals surface area (Å²) in [7, 11) is 0. The molecule has 1 heteroatoms. The lowest BCUT2D eigenvalue weighted by Gasteiger charge is -2.11. The first-order valence-electron chi connectivity index (χ1n) is 9.63. The van der Waals surface area contributed by atoms with Gasteiger partial charge in [-0.05, 0) is 50.9 Å². The van der Waals surface area contributed by atoms with Gasteiger partial charge < -0.3 is 5.73 Å². The van der Waals surface area contributed by atoms with Crippen LogP contribution in [-0.2, 0) is 0 Å². The van der Waals surface area contributed by atoms with Gasteiger partial charge in [0.2, 0.25) is 0 Å². The normalized spacial score (nSPS) is 24.0. The molecule has 124 valence electrons. The van der Waals surface area contributed by atoms with Gasteiger partial charge in [0.1, 0.15) is 0 Å². The monoisotopic (exact) mass is 293 g/mol. The molecule has 0 aromatic rings. The average Bonchev–Trinajstić information content (AvgIpc) is 2.94. The van der Waals surface area contributed by atoms with E-state index in [-0.39, 0.29) is 0 Å². The summed E-state index contributed by atoms with van der Waals surface area (Å²) in [6, 6.07) is 0.447. The standard InChI is InChI=1S/C20H39N/c1-3-5-9-12-18-15-16-19(17-18)13-10-7-6-8-11-14-20(21)4-2/h3,5,18-20H,4,6-17,21H2,1-2H3/b5-3-. The van der Waals surface area contributed by atoms with Crippen molar-refractivity contribution in [3.8, 4) is 0 Å². The fourth-order valence-corrected chi connectivity index (χ4v) is 3.78. The summed E-state index contributed by atoms with van der Waals surface area (Å²) in [6.07, 6.45) is 22.7. The van der Waals surface area contributed by atoms with E-state index in [0.29, 0.717) is 6.04 Å². The van der Waals surface area contributed by atoms with Gasteiger partial charge in [0, 0.05) is 6.04 Å². The van der Waals surface area contributed by atoms with Gasteiger partial charge in [0.15, 0.2) is 0 Å². The Morgan fingerprint density at radius 1 is 1.00 bits per heavy atom. The minimum Gasteiger partial charge on any atom is -0.328 e. The van der Waals surface area contributed by atoms with Crippen LogP contribution in [0.3, 0.4) is 0 Å². The van der Waals surface area contributed by atoms with Crippen LogP contribution < -0.4 is 5.73 Å². The Morgan fingerprint density at radius 2 is 1.67 bits per heavy atom. The molecule has 1 aliphatic carbocycles. The molecule has 2 N–H and O–H groups in total. The van der Waals surface area contributed by atoms with E-state index in [4.69, 9.17) is 5.73 Å². The number of nitrogens with two attached hydrogens (primary N) is 1. The van der Waals surface area contributed by atoms with Crippen LogP contribution in [-0.4, -0.2) is 6.04 Å². The zero-order valence-electron chi connectivity index (χ0n) is 14.7. The molecule has 0 spiro atoms. The molecule has 0 aliphatic heterocycles. The van der Waals surface area contributed by atoms with Crippen LogP contribution in [0.1, 0.15) is 97.3 Å². The van der Waals surface area contributed by atoms with E-state index in [0.717, 1.165) is 18.3 Å². The number of unbranched alkanes of at least 4 members (excludes halogenated alkanes) is 4. The van der Waals surface area contributed by atoms with E-state index in [9.17, 15) is 0 Å². The topological polar surface area (TPSA) is 26.0 Å². The third kappa shape index (κ3) is 9.34. The third-order valence-electron chi connectivity index (χ3n) is 5.34. The Balaban J connectivity index is 1.90. The number of rotatable bonds is 12. The van der Waals surface area contributed by atoms with Crippen molar-refractivity contribution in [2.45, 2.75) is 103 Å². The summed E-state index contributed by atoms with van der Waals surface area (Å²) < 4.78 is 0. The first-order valence-corrected chi connectivity index (χ1v) is 9.63. The van der Waals surface area contributed by atoms with Crippen LogP contribution in [0, 0.1) is 11.8 Å². The van der Waals surface area contributed by atoms with Crippen molar-refractivity contribution in [3.05, 3.63) is 12.2 Å². The van der Waals surface area contributed by atoms with Crippen molar-refractivity contribution < 1.29 is 0 Å². The number of hydrogen-bond donors (Lipinski definition) is 1. The predicted molar refractivity (Wildman–Crippen MR) is 95.5 cm³/mol. The Labute approximate surface area is 133 Å². The zero-order valence-corrected chi connectivity index (χ0v) is 14.7. The molecule has 0 heterocycles. The van der Waals surface area contributed by atoms with Crippen molar-refractivity contribution in [2.24, 2.45) is 17.6 Å². The largest absolute Gasteiger partial charge is 0.328 e. The summed E-state index contributed by atoms with van der Waals surface area (Å²) >= 11 is 0. The summed E-state index contributed by atoms with van der Waals surface area (Å²) in [5.41, 5.74) is 5.95. The van der Waals surface area contributed by atoms with Crippen molar-refractivity contribution >= 4 is 0 Å². The maximum atomic E-state index is 5.95. The lowest BCUT2D eigenvalue weighted by Crippen LogP contribution is -2.17. The molecule has 0 radical (unpaired) electrons. The smallest absolute Gasteiger partial charge is 0.00362 e. The maximum absolute atomic E-state index is 5.95. The Hall–Kier alpha value is -0.300. The second kappa shape index (κ2) is 12.3. The van der Waals surface area contributed by atoms with Crippen molar-refractivity contribution in [2.75, 3.05) is 0 Å². The fourth-order valence-electron chi connectivity index (χ4n) is 3.78.